The zero-order chi connectivity index (χ0) is 13.8. The van der Waals surface area contributed by atoms with E-state index in [1.165, 1.54) is 0 Å². The average molecular weight is 267 g/mol. The van der Waals surface area contributed by atoms with Crippen molar-refractivity contribution < 1.29 is 19.4 Å². The van der Waals surface area contributed by atoms with Crippen molar-refractivity contribution in [2.24, 2.45) is 5.92 Å². The van der Waals surface area contributed by atoms with Crippen LogP contribution in [0.25, 0.3) is 0 Å². The summed E-state index contributed by atoms with van der Waals surface area (Å²) in [6, 6.07) is 0.00289. The first kappa shape index (κ1) is 14.1. The van der Waals surface area contributed by atoms with Crippen LogP contribution in [0.3, 0.4) is 0 Å². The minimum Gasteiger partial charge on any atom is -0.481 e. The van der Waals surface area contributed by atoms with Gasteiger partial charge in [-0.3, -0.25) is 9.59 Å². The Kier molecular flexibility index (Phi) is 4.58. The molecule has 2 N–H and O–H groups in total. The van der Waals surface area contributed by atoms with Gasteiger partial charge in [0.15, 0.2) is 0 Å². The lowest BCUT2D eigenvalue weighted by Crippen LogP contribution is -2.41. The number of amides is 1. The summed E-state index contributed by atoms with van der Waals surface area (Å²) >= 11 is 0. The molecule has 5 nitrogen and oxygen atoms in total. The molecule has 19 heavy (non-hydrogen) atoms. The SMILES string of the molecule is CCCCC(CC(=O)NC1CC2C=CC1O2)C(=O)O. The van der Waals surface area contributed by atoms with Crippen molar-refractivity contribution in [2.75, 3.05) is 0 Å². The number of rotatable bonds is 7. The first-order chi connectivity index (χ1) is 9.10. The molecule has 1 amide bonds. The maximum atomic E-state index is 11.9. The lowest BCUT2D eigenvalue weighted by Gasteiger charge is -2.19. The molecule has 0 radical (unpaired) electrons. The maximum Gasteiger partial charge on any atom is 0.307 e. The van der Waals surface area contributed by atoms with Crippen LogP contribution in [-0.2, 0) is 14.3 Å². The van der Waals surface area contributed by atoms with Gasteiger partial charge in [0, 0.05) is 12.8 Å². The van der Waals surface area contributed by atoms with Gasteiger partial charge >= 0.3 is 5.97 Å². The van der Waals surface area contributed by atoms with Gasteiger partial charge in [-0.1, -0.05) is 31.9 Å². The molecule has 2 rings (SSSR count). The molecule has 4 atom stereocenters. The van der Waals surface area contributed by atoms with E-state index in [0.717, 1.165) is 19.3 Å². The highest BCUT2D eigenvalue weighted by molar-refractivity contribution is 5.82. The lowest BCUT2D eigenvalue weighted by molar-refractivity contribution is -0.144. The molecule has 2 heterocycles. The number of nitrogens with one attached hydrogen (secondary N) is 1. The number of unbranched alkanes of at least 4 members (excludes halogenated alkanes) is 1. The van der Waals surface area contributed by atoms with Gasteiger partial charge in [0.2, 0.25) is 5.91 Å². The van der Waals surface area contributed by atoms with Crippen molar-refractivity contribution in [2.45, 2.75) is 57.3 Å². The number of fused-ring (bicyclic) bond motifs is 2. The number of carbonyl (C=O) groups excluding carboxylic acids is 1. The number of ether oxygens (including phenoxy) is 1. The Morgan fingerprint density at radius 1 is 1.47 bits per heavy atom. The van der Waals surface area contributed by atoms with Crippen LogP contribution < -0.4 is 5.32 Å². The largest absolute Gasteiger partial charge is 0.481 e. The lowest BCUT2D eigenvalue weighted by atomic mass is 9.97. The minimum atomic E-state index is -0.882. The summed E-state index contributed by atoms with van der Waals surface area (Å²) in [6.07, 6.45) is 7.25. The van der Waals surface area contributed by atoms with Crippen LogP contribution in [0, 0.1) is 5.92 Å². The number of carboxylic acid groups (broad SMARTS) is 1. The monoisotopic (exact) mass is 267 g/mol. The van der Waals surface area contributed by atoms with Crippen molar-refractivity contribution in [3.05, 3.63) is 12.2 Å². The standard InChI is InChI=1S/C14H21NO4/c1-2-3-4-9(14(17)18)7-13(16)15-11-8-10-5-6-12(11)19-10/h5-6,9-12H,2-4,7-8H2,1H3,(H,15,16)(H,17,18). The highest BCUT2D eigenvalue weighted by Crippen LogP contribution is 2.28. The summed E-state index contributed by atoms with van der Waals surface area (Å²) < 4.78 is 5.56. The second-order valence-electron chi connectivity index (χ2n) is 5.32. The van der Waals surface area contributed by atoms with E-state index in [2.05, 4.69) is 5.32 Å². The molecule has 1 saturated heterocycles. The Labute approximate surface area is 113 Å². The van der Waals surface area contributed by atoms with Crippen LogP contribution >= 0.6 is 0 Å². The number of hydrogen-bond donors (Lipinski definition) is 2. The van der Waals surface area contributed by atoms with E-state index in [4.69, 9.17) is 9.84 Å². The Morgan fingerprint density at radius 2 is 2.26 bits per heavy atom. The smallest absolute Gasteiger partial charge is 0.307 e. The molecule has 2 aliphatic rings. The van der Waals surface area contributed by atoms with E-state index >= 15 is 0 Å². The van der Waals surface area contributed by atoms with Gasteiger partial charge in [-0.2, -0.15) is 0 Å². The van der Waals surface area contributed by atoms with Gasteiger partial charge in [0.1, 0.15) is 0 Å². The fourth-order valence-corrected chi connectivity index (χ4v) is 2.67. The zero-order valence-corrected chi connectivity index (χ0v) is 11.2. The first-order valence-corrected chi connectivity index (χ1v) is 6.96. The van der Waals surface area contributed by atoms with Gasteiger partial charge < -0.3 is 15.2 Å². The summed E-state index contributed by atoms with van der Waals surface area (Å²) in [6.45, 7) is 2.01. The van der Waals surface area contributed by atoms with E-state index in [0.29, 0.717) is 6.42 Å². The Balaban J connectivity index is 1.79. The minimum absolute atomic E-state index is 0.00289. The van der Waals surface area contributed by atoms with Crippen molar-refractivity contribution >= 4 is 11.9 Å². The van der Waals surface area contributed by atoms with Crippen molar-refractivity contribution in [1.29, 1.82) is 0 Å². The summed E-state index contributed by atoms with van der Waals surface area (Å²) in [5.41, 5.74) is 0. The molecule has 2 aliphatic heterocycles. The normalized spacial score (nSPS) is 29.4. The van der Waals surface area contributed by atoms with Gasteiger partial charge in [-0.05, 0) is 6.42 Å². The predicted octanol–water partition coefficient (Wildman–Crippen LogP) is 1.48. The molecule has 0 aliphatic carbocycles. The summed E-state index contributed by atoms with van der Waals surface area (Å²) in [7, 11) is 0. The number of carbonyl (C=O) groups is 2. The van der Waals surface area contributed by atoms with Crippen molar-refractivity contribution in [1.82, 2.24) is 5.32 Å². The Bertz CT molecular complexity index is 380. The number of carboxylic acids is 1. The molecule has 0 aromatic heterocycles. The topological polar surface area (TPSA) is 75.6 Å². The molecule has 0 saturated carbocycles. The quantitative estimate of drug-likeness (QED) is 0.685. The fraction of sp³-hybridized carbons (Fsp3) is 0.714. The van der Waals surface area contributed by atoms with Crippen LogP contribution in [0.4, 0.5) is 0 Å². The average Bonchev–Trinajstić information content (AvgIpc) is 2.96. The van der Waals surface area contributed by atoms with Crippen molar-refractivity contribution in [3.63, 3.8) is 0 Å². The van der Waals surface area contributed by atoms with Crippen molar-refractivity contribution in [3.8, 4) is 0 Å². The highest BCUT2D eigenvalue weighted by atomic mass is 16.5. The summed E-state index contributed by atoms with van der Waals surface area (Å²) in [5.74, 6) is -1.64. The second-order valence-corrected chi connectivity index (χ2v) is 5.32. The third-order valence-corrected chi connectivity index (χ3v) is 3.76. The third-order valence-electron chi connectivity index (χ3n) is 3.76. The molecule has 0 aromatic rings. The van der Waals surface area contributed by atoms with E-state index in [9.17, 15) is 9.59 Å². The molecular formula is C14H21NO4. The molecule has 2 bridgehead atoms. The first-order valence-electron chi connectivity index (χ1n) is 6.96. The second kappa shape index (κ2) is 6.19. The van der Waals surface area contributed by atoms with Crippen LogP contribution in [0.5, 0.6) is 0 Å². The molecule has 1 fully saturated rings. The molecular weight excluding hydrogens is 246 g/mol. The maximum absolute atomic E-state index is 11.9. The van der Waals surface area contributed by atoms with Gasteiger partial charge in [-0.15, -0.1) is 0 Å². The summed E-state index contributed by atoms with van der Waals surface area (Å²) in [5, 5.41) is 12.0. The zero-order valence-electron chi connectivity index (χ0n) is 11.2. The van der Waals surface area contributed by atoms with E-state index in [1.54, 1.807) is 0 Å². The van der Waals surface area contributed by atoms with Crippen LogP contribution in [0.2, 0.25) is 0 Å². The Hall–Kier alpha value is -1.36. The van der Waals surface area contributed by atoms with E-state index < -0.39 is 11.9 Å². The molecule has 5 heteroatoms. The molecule has 0 aromatic carbocycles. The van der Waals surface area contributed by atoms with Crippen LogP contribution in [0.15, 0.2) is 12.2 Å². The van der Waals surface area contributed by atoms with Gasteiger partial charge in [-0.25, -0.2) is 0 Å². The third kappa shape index (κ3) is 3.56. The fourth-order valence-electron chi connectivity index (χ4n) is 2.67. The molecule has 4 unspecified atom stereocenters. The van der Waals surface area contributed by atoms with Crippen LogP contribution in [0.1, 0.15) is 39.0 Å². The van der Waals surface area contributed by atoms with Crippen LogP contribution in [-0.4, -0.2) is 35.2 Å². The van der Waals surface area contributed by atoms with Gasteiger partial charge in [0.25, 0.3) is 0 Å². The van der Waals surface area contributed by atoms with Gasteiger partial charge in [0.05, 0.1) is 24.2 Å². The predicted molar refractivity (Wildman–Crippen MR) is 69.6 cm³/mol. The number of hydrogen-bond acceptors (Lipinski definition) is 3. The van der Waals surface area contributed by atoms with E-state index in [1.807, 2.05) is 19.1 Å². The Morgan fingerprint density at radius 3 is 2.79 bits per heavy atom. The molecule has 0 spiro atoms. The highest BCUT2D eigenvalue weighted by Gasteiger charge is 2.37. The van der Waals surface area contributed by atoms with E-state index in [-0.39, 0.29) is 30.6 Å². The summed E-state index contributed by atoms with van der Waals surface area (Å²) in [4.78, 5) is 23.0. The number of aliphatic carboxylic acids is 1. The molecule has 106 valence electrons.